The van der Waals surface area contributed by atoms with E-state index in [0.717, 1.165) is 18.4 Å². The van der Waals surface area contributed by atoms with Gasteiger partial charge in [-0.1, -0.05) is 39.8 Å². The highest BCUT2D eigenvalue weighted by molar-refractivity contribution is 5.95. The molecule has 0 unspecified atom stereocenters. The predicted octanol–water partition coefficient (Wildman–Crippen LogP) is 2.93. The van der Waals surface area contributed by atoms with Crippen LogP contribution in [0.2, 0.25) is 0 Å². The summed E-state index contributed by atoms with van der Waals surface area (Å²) in [6.45, 7) is 8.82. The molecule has 0 aliphatic heterocycles. The van der Waals surface area contributed by atoms with E-state index in [4.69, 9.17) is 5.73 Å². The molecule has 1 aliphatic carbocycles. The van der Waals surface area contributed by atoms with Gasteiger partial charge in [-0.25, -0.2) is 0 Å². The molecule has 0 aromatic heterocycles. The van der Waals surface area contributed by atoms with Crippen molar-refractivity contribution in [1.82, 2.24) is 0 Å². The van der Waals surface area contributed by atoms with Crippen molar-refractivity contribution in [3.8, 4) is 0 Å². The lowest BCUT2D eigenvalue weighted by atomic mass is 9.62. The van der Waals surface area contributed by atoms with E-state index in [1.54, 1.807) is 0 Å². The second-order valence-corrected chi connectivity index (χ2v) is 6.27. The van der Waals surface area contributed by atoms with Crippen LogP contribution >= 0.6 is 0 Å². The van der Waals surface area contributed by atoms with Crippen molar-refractivity contribution in [2.24, 2.45) is 5.73 Å². The Morgan fingerprint density at radius 1 is 1.24 bits per heavy atom. The number of carbonyl (C=O) groups is 1. The average molecular weight is 230 g/mol. The fraction of sp³-hybridized carbons (Fsp3) is 0.533. The van der Waals surface area contributed by atoms with Crippen LogP contribution in [0.15, 0.2) is 12.1 Å². The topological polar surface area (TPSA) is 43.1 Å². The third-order valence-corrected chi connectivity index (χ3v) is 4.02. The quantitative estimate of drug-likeness (QED) is 0.792. The van der Waals surface area contributed by atoms with Crippen LogP contribution in [0.5, 0.6) is 0 Å². The van der Waals surface area contributed by atoms with Gasteiger partial charge in [-0.05, 0) is 40.9 Å². The summed E-state index contributed by atoms with van der Waals surface area (Å²) >= 11 is 0. The van der Waals surface area contributed by atoms with Gasteiger partial charge < -0.3 is 5.73 Å². The van der Waals surface area contributed by atoms with Gasteiger partial charge in [0, 0.05) is 0 Å². The van der Waals surface area contributed by atoms with Gasteiger partial charge in [0.05, 0.1) is 5.56 Å². The van der Waals surface area contributed by atoms with Crippen molar-refractivity contribution in [3.05, 3.63) is 34.9 Å². The smallest absolute Gasteiger partial charge is 0.249 e. The van der Waals surface area contributed by atoms with E-state index in [-0.39, 0.29) is 16.7 Å². The molecule has 0 bridgehead atoms. The second kappa shape index (κ2) is 3.59. The highest BCUT2D eigenvalue weighted by Crippen LogP contribution is 2.46. The first kappa shape index (κ1) is 12.2. The molecular weight excluding hydrogens is 210 g/mol. The number of benzene rings is 1. The molecule has 17 heavy (non-hydrogen) atoms. The van der Waals surface area contributed by atoms with E-state index in [1.165, 1.54) is 5.56 Å². The average Bonchev–Trinajstić information content (AvgIpc) is 2.24. The Balaban J connectivity index is 2.76. The molecule has 1 radical (unpaired) electrons. The zero-order chi connectivity index (χ0) is 12.8. The minimum atomic E-state index is -0.368. The minimum Gasteiger partial charge on any atom is -0.366 e. The van der Waals surface area contributed by atoms with Crippen LogP contribution in [0.25, 0.3) is 0 Å². The Hall–Kier alpha value is -1.31. The van der Waals surface area contributed by atoms with Crippen LogP contribution in [0.1, 0.15) is 62.0 Å². The third kappa shape index (κ3) is 1.86. The molecule has 1 aromatic carbocycles. The van der Waals surface area contributed by atoms with E-state index >= 15 is 0 Å². The summed E-state index contributed by atoms with van der Waals surface area (Å²) in [6.07, 6.45) is 2.21. The molecule has 0 spiro atoms. The fourth-order valence-electron chi connectivity index (χ4n) is 2.84. The largest absolute Gasteiger partial charge is 0.366 e. The number of fused-ring (bicyclic) bond motifs is 1. The molecule has 1 aliphatic rings. The number of rotatable bonds is 1. The Morgan fingerprint density at radius 3 is 2.41 bits per heavy atom. The minimum absolute atomic E-state index is 0.00692. The first-order valence-corrected chi connectivity index (χ1v) is 6.11. The van der Waals surface area contributed by atoms with Crippen molar-refractivity contribution in [2.75, 3.05) is 0 Å². The summed E-state index contributed by atoms with van der Waals surface area (Å²) in [5, 5.41) is 0. The van der Waals surface area contributed by atoms with E-state index in [9.17, 15) is 4.79 Å². The highest BCUT2D eigenvalue weighted by atomic mass is 16.1. The van der Waals surface area contributed by atoms with E-state index in [1.807, 2.05) is 6.07 Å². The van der Waals surface area contributed by atoms with Crippen LogP contribution < -0.4 is 5.73 Å². The molecule has 0 saturated heterocycles. The lowest BCUT2D eigenvalue weighted by molar-refractivity contribution is 0.0996. The van der Waals surface area contributed by atoms with Gasteiger partial charge in [-0.3, -0.25) is 4.79 Å². The van der Waals surface area contributed by atoms with Crippen LogP contribution in [0, 0.1) is 6.07 Å². The monoisotopic (exact) mass is 230 g/mol. The van der Waals surface area contributed by atoms with Gasteiger partial charge in [-0.2, -0.15) is 0 Å². The molecule has 2 nitrogen and oxygen atoms in total. The zero-order valence-electron chi connectivity index (χ0n) is 11.1. The number of primary amides is 1. The lowest BCUT2D eigenvalue weighted by Crippen LogP contribution is -2.36. The van der Waals surface area contributed by atoms with Gasteiger partial charge >= 0.3 is 0 Å². The molecule has 1 aromatic rings. The maximum Gasteiger partial charge on any atom is 0.249 e. The molecule has 2 rings (SSSR count). The van der Waals surface area contributed by atoms with Gasteiger partial charge in [0.15, 0.2) is 0 Å². The Kier molecular flexibility index (Phi) is 2.57. The number of nitrogens with two attached hydrogens (primary N) is 1. The van der Waals surface area contributed by atoms with Crippen LogP contribution in [-0.2, 0) is 10.8 Å². The normalized spacial score (nSPS) is 20.7. The summed E-state index contributed by atoms with van der Waals surface area (Å²) in [5.41, 5.74) is 8.52. The highest BCUT2D eigenvalue weighted by Gasteiger charge is 2.39. The standard InChI is InChI=1S/C15H20NO/c1-14(2)8-9-15(3,4)12-10(13(16)17)6-5-7-11(12)14/h5,7H,8-9H2,1-4H3,(H2,16,17). The maximum atomic E-state index is 11.6. The molecule has 0 atom stereocenters. The predicted molar refractivity (Wildman–Crippen MR) is 69.1 cm³/mol. The molecule has 0 heterocycles. The van der Waals surface area contributed by atoms with E-state index in [2.05, 4.69) is 39.8 Å². The van der Waals surface area contributed by atoms with Crippen molar-refractivity contribution >= 4 is 5.91 Å². The van der Waals surface area contributed by atoms with Gasteiger partial charge in [0.2, 0.25) is 5.91 Å². The summed E-state index contributed by atoms with van der Waals surface area (Å²) in [7, 11) is 0. The summed E-state index contributed by atoms with van der Waals surface area (Å²) < 4.78 is 0. The molecule has 0 fully saturated rings. The van der Waals surface area contributed by atoms with E-state index in [0.29, 0.717) is 5.56 Å². The van der Waals surface area contributed by atoms with Crippen molar-refractivity contribution in [3.63, 3.8) is 0 Å². The SMILES string of the molecule is CC1(C)CCC(C)(C)c2c(C(N)=O)[c]ccc21. The zero-order valence-corrected chi connectivity index (χ0v) is 11.1. The van der Waals surface area contributed by atoms with Crippen LogP contribution in [0.4, 0.5) is 0 Å². The van der Waals surface area contributed by atoms with Crippen molar-refractivity contribution in [2.45, 2.75) is 51.4 Å². The van der Waals surface area contributed by atoms with Gasteiger partial charge in [0.25, 0.3) is 0 Å². The summed E-state index contributed by atoms with van der Waals surface area (Å²) in [4.78, 5) is 11.6. The number of hydrogen-bond donors (Lipinski definition) is 1. The number of carbonyl (C=O) groups excluding carboxylic acids is 1. The van der Waals surface area contributed by atoms with E-state index < -0.39 is 0 Å². The van der Waals surface area contributed by atoms with Crippen molar-refractivity contribution < 1.29 is 4.79 Å². The molecule has 1 amide bonds. The Labute approximate surface area is 103 Å². The lowest BCUT2D eigenvalue weighted by Gasteiger charge is -2.42. The molecule has 2 heteroatoms. The fourth-order valence-corrected chi connectivity index (χ4v) is 2.84. The molecular formula is C15H20NO. The molecule has 91 valence electrons. The summed E-state index contributed by atoms with van der Waals surface area (Å²) in [6, 6.07) is 6.92. The maximum absolute atomic E-state index is 11.6. The van der Waals surface area contributed by atoms with Gasteiger partial charge in [-0.15, -0.1) is 0 Å². The first-order valence-electron chi connectivity index (χ1n) is 6.11. The van der Waals surface area contributed by atoms with Crippen LogP contribution in [-0.4, -0.2) is 5.91 Å². The Bertz CT molecular complexity index is 472. The second-order valence-electron chi connectivity index (χ2n) is 6.27. The summed E-state index contributed by atoms with van der Waals surface area (Å²) in [5.74, 6) is -0.368. The van der Waals surface area contributed by atoms with Crippen molar-refractivity contribution in [1.29, 1.82) is 0 Å². The third-order valence-electron chi connectivity index (χ3n) is 4.02. The molecule has 2 N–H and O–H groups in total. The van der Waals surface area contributed by atoms with Gasteiger partial charge in [0.1, 0.15) is 0 Å². The van der Waals surface area contributed by atoms with Crippen LogP contribution in [0.3, 0.4) is 0 Å². The number of hydrogen-bond acceptors (Lipinski definition) is 1. The molecule has 0 saturated carbocycles. The Morgan fingerprint density at radius 2 is 1.82 bits per heavy atom. The first-order chi connectivity index (χ1) is 7.76. The number of amides is 1.